The number of halogens is 2. The van der Waals surface area contributed by atoms with Crippen molar-refractivity contribution in [3.63, 3.8) is 0 Å². The van der Waals surface area contributed by atoms with Gasteiger partial charge in [0, 0.05) is 5.02 Å². The molecule has 0 fully saturated rings. The van der Waals surface area contributed by atoms with E-state index in [1.165, 1.54) is 23.9 Å². The molecule has 0 aliphatic carbocycles. The predicted molar refractivity (Wildman–Crippen MR) is 134 cm³/mol. The van der Waals surface area contributed by atoms with Crippen LogP contribution < -0.4 is 14.9 Å². The molecule has 0 heterocycles. The SMILES string of the molecule is CCCCc1ccc(OCC(=O)N/N=C/c2cccc(OC(=O)c3ccc(Cl)cc3Cl)c2)cc1. The van der Waals surface area contributed by atoms with Crippen molar-refractivity contribution in [2.75, 3.05) is 6.61 Å². The lowest BCUT2D eigenvalue weighted by atomic mass is 10.1. The van der Waals surface area contributed by atoms with Crippen LogP contribution in [0.1, 0.15) is 41.3 Å². The fourth-order valence-electron chi connectivity index (χ4n) is 2.97. The molecular weight excluding hydrogens is 475 g/mol. The van der Waals surface area contributed by atoms with Gasteiger partial charge in [0.2, 0.25) is 0 Å². The Hall–Kier alpha value is -3.35. The number of nitrogens with zero attached hydrogens (tertiary/aromatic N) is 1. The van der Waals surface area contributed by atoms with Gasteiger partial charge in [-0.2, -0.15) is 5.10 Å². The number of unbranched alkanes of at least 4 members (excludes halogenated alkanes) is 1. The summed E-state index contributed by atoms with van der Waals surface area (Å²) in [7, 11) is 0. The number of benzene rings is 3. The maximum atomic E-state index is 12.4. The lowest BCUT2D eigenvalue weighted by Crippen LogP contribution is -2.24. The minimum absolute atomic E-state index is 0.162. The Morgan fingerprint density at radius 1 is 1.00 bits per heavy atom. The van der Waals surface area contributed by atoms with Crippen molar-refractivity contribution in [3.05, 3.63) is 93.5 Å². The van der Waals surface area contributed by atoms with E-state index in [1.54, 1.807) is 30.3 Å². The Morgan fingerprint density at radius 2 is 1.79 bits per heavy atom. The molecule has 6 nitrogen and oxygen atoms in total. The van der Waals surface area contributed by atoms with Gasteiger partial charge in [-0.05, 0) is 66.4 Å². The fourth-order valence-corrected chi connectivity index (χ4v) is 3.45. The number of rotatable bonds is 10. The molecule has 0 unspecified atom stereocenters. The van der Waals surface area contributed by atoms with Crippen molar-refractivity contribution in [1.82, 2.24) is 5.43 Å². The largest absolute Gasteiger partial charge is 0.484 e. The van der Waals surface area contributed by atoms with Gasteiger partial charge in [0.15, 0.2) is 6.61 Å². The van der Waals surface area contributed by atoms with Crippen LogP contribution in [-0.4, -0.2) is 24.7 Å². The first-order chi connectivity index (χ1) is 16.4. The number of ether oxygens (including phenoxy) is 2. The lowest BCUT2D eigenvalue weighted by Gasteiger charge is -2.07. The summed E-state index contributed by atoms with van der Waals surface area (Å²) in [6, 6.07) is 18.9. The molecule has 0 saturated heterocycles. The summed E-state index contributed by atoms with van der Waals surface area (Å²) in [5.74, 6) is -0.0856. The molecule has 3 rings (SSSR count). The Balaban J connectivity index is 1.48. The highest BCUT2D eigenvalue weighted by molar-refractivity contribution is 6.36. The molecule has 0 aromatic heterocycles. The average molecular weight is 499 g/mol. The molecule has 0 bridgehead atoms. The predicted octanol–water partition coefficient (Wildman–Crippen LogP) is 6.08. The zero-order valence-electron chi connectivity index (χ0n) is 18.6. The molecule has 0 aliphatic rings. The van der Waals surface area contributed by atoms with Crippen LogP contribution in [0.4, 0.5) is 0 Å². The van der Waals surface area contributed by atoms with Crippen LogP contribution in [-0.2, 0) is 11.2 Å². The maximum Gasteiger partial charge on any atom is 0.345 e. The Labute approximate surface area is 208 Å². The molecular formula is C26H24Cl2N2O4. The van der Waals surface area contributed by atoms with Crippen molar-refractivity contribution in [1.29, 1.82) is 0 Å². The Morgan fingerprint density at radius 3 is 2.53 bits per heavy atom. The van der Waals surface area contributed by atoms with Crippen LogP contribution in [0.3, 0.4) is 0 Å². The molecule has 0 aliphatic heterocycles. The monoisotopic (exact) mass is 498 g/mol. The van der Waals surface area contributed by atoms with E-state index in [1.807, 2.05) is 24.3 Å². The number of carbonyl (C=O) groups is 2. The van der Waals surface area contributed by atoms with Crippen molar-refractivity contribution in [2.24, 2.45) is 5.10 Å². The van der Waals surface area contributed by atoms with E-state index in [0.29, 0.717) is 22.1 Å². The molecule has 0 atom stereocenters. The van der Waals surface area contributed by atoms with Gasteiger partial charge < -0.3 is 9.47 Å². The molecule has 176 valence electrons. The second-order valence-corrected chi connectivity index (χ2v) is 8.26. The number of nitrogens with one attached hydrogen (secondary N) is 1. The smallest absolute Gasteiger partial charge is 0.345 e. The minimum Gasteiger partial charge on any atom is -0.484 e. The number of hydrogen-bond acceptors (Lipinski definition) is 5. The van der Waals surface area contributed by atoms with Gasteiger partial charge >= 0.3 is 5.97 Å². The highest BCUT2D eigenvalue weighted by Crippen LogP contribution is 2.23. The number of hydrogen-bond donors (Lipinski definition) is 1. The second-order valence-electron chi connectivity index (χ2n) is 7.42. The van der Waals surface area contributed by atoms with Crippen LogP contribution in [0, 0.1) is 0 Å². The van der Waals surface area contributed by atoms with E-state index in [-0.39, 0.29) is 17.2 Å². The van der Waals surface area contributed by atoms with E-state index in [2.05, 4.69) is 17.5 Å². The molecule has 0 radical (unpaired) electrons. The number of hydrazone groups is 1. The second kappa shape index (κ2) is 12.8. The first-order valence-corrected chi connectivity index (χ1v) is 11.5. The van der Waals surface area contributed by atoms with Gasteiger partial charge in [-0.25, -0.2) is 10.2 Å². The normalized spacial score (nSPS) is 10.8. The van der Waals surface area contributed by atoms with Crippen molar-refractivity contribution in [3.8, 4) is 11.5 Å². The third-order valence-corrected chi connectivity index (χ3v) is 5.28. The van der Waals surface area contributed by atoms with E-state index in [0.717, 1.165) is 19.3 Å². The maximum absolute atomic E-state index is 12.4. The van der Waals surface area contributed by atoms with E-state index < -0.39 is 11.9 Å². The van der Waals surface area contributed by atoms with Crippen molar-refractivity contribution in [2.45, 2.75) is 26.2 Å². The molecule has 0 saturated carbocycles. The van der Waals surface area contributed by atoms with Gasteiger partial charge in [0.05, 0.1) is 16.8 Å². The van der Waals surface area contributed by atoms with Gasteiger partial charge in [0.1, 0.15) is 11.5 Å². The van der Waals surface area contributed by atoms with E-state index in [9.17, 15) is 9.59 Å². The fraction of sp³-hybridized carbons (Fsp3) is 0.192. The molecule has 3 aromatic rings. The minimum atomic E-state index is -0.611. The number of carbonyl (C=O) groups excluding carboxylic acids is 2. The average Bonchev–Trinajstić information content (AvgIpc) is 2.82. The molecule has 1 amide bonds. The van der Waals surface area contributed by atoms with Gasteiger partial charge in [-0.15, -0.1) is 0 Å². The summed E-state index contributed by atoms with van der Waals surface area (Å²) < 4.78 is 10.9. The molecule has 8 heteroatoms. The van der Waals surface area contributed by atoms with Gasteiger partial charge in [-0.1, -0.05) is 60.8 Å². The molecule has 34 heavy (non-hydrogen) atoms. The standard InChI is InChI=1S/C26H24Cl2N2O4/c1-2-3-5-18-8-11-21(12-9-18)33-17-25(31)30-29-16-19-6-4-7-22(14-19)34-26(32)23-13-10-20(27)15-24(23)28/h4,6-16H,2-3,5,17H2,1H3,(H,30,31)/b29-16+. The first kappa shape index (κ1) is 25.3. The summed E-state index contributed by atoms with van der Waals surface area (Å²) in [4.78, 5) is 24.4. The molecule has 1 N–H and O–H groups in total. The number of amides is 1. The van der Waals surface area contributed by atoms with Crippen LogP contribution in [0.2, 0.25) is 10.0 Å². The summed E-state index contributed by atoms with van der Waals surface area (Å²) in [5, 5.41) is 4.55. The molecule has 3 aromatic carbocycles. The van der Waals surface area contributed by atoms with Crippen LogP contribution in [0.5, 0.6) is 11.5 Å². The van der Waals surface area contributed by atoms with E-state index >= 15 is 0 Å². The van der Waals surface area contributed by atoms with Crippen LogP contribution in [0.25, 0.3) is 0 Å². The van der Waals surface area contributed by atoms with Crippen LogP contribution in [0.15, 0.2) is 71.8 Å². The lowest BCUT2D eigenvalue weighted by molar-refractivity contribution is -0.123. The van der Waals surface area contributed by atoms with E-state index in [4.69, 9.17) is 32.7 Å². The summed E-state index contributed by atoms with van der Waals surface area (Å²) in [5.41, 5.74) is 4.47. The Kier molecular flexibility index (Phi) is 9.50. The van der Waals surface area contributed by atoms with Gasteiger partial charge in [0.25, 0.3) is 5.91 Å². The third-order valence-electron chi connectivity index (χ3n) is 4.73. The number of aryl methyl sites for hydroxylation is 1. The highest BCUT2D eigenvalue weighted by atomic mass is 35.5. The van der Waals surface area contributed by atoms with Crippen molar-refractivity contribution < 1.29 is 19.1 Å². The summed E-state index contributed by atoms with van der Waals surface area (Å²) in [6.07, 6.45) is 4.75. The van der Waals surface area contributed by atoms with Crippen LogP contribution >= 0.6 is 23.2 Å². The van der Waals surface area contributed by atoms with Gasteiger partial charge in [-0.3, -0.25) is 4.79 Å². The summed E-state index contributed by atoms with van der Waals surface area (Å²) in [6.45, 7) is 1.99. The summed E-state index contributed by atoms with van der Waals surface area (Å²) >= 11 is 11.9. The topological polar surface area (TPSA) is 77.0 Å². The Bertz CT molecular complexity index is 1160. The quantitative estimate of drug-likeness (QED) is 0.159. The molecule has 0 spiro atoms. The number of esters is 1. The zero-order chi connectivity index (χ0) is 24.3. The zero-order valence-corrected chi connectivity index (χ0v) is 20.1. The van der Waals surface area contributed by atoms with Crippen molar-refractivity contribution >= 4 is 41.3 Å². The third kappa shape index (κ3) is 7.90. The highest BCUT2D eigenvalue weighted by Gasteiger charge is 2.13. The first-order valence-electron chi connectivity index (χ1n) is 10.8.